The Morgan fingerprint density at radius 2 is 1.78 bits per heavy atom. The summed E-state index contributed by atoms with van der Waals surface area (Å²) < 4.78 is 11.4. The number of carbonyl (C=O) groups excluding carboxylic acids is 2. The quantitative estimate of drug-likeness (QED) is 0.584. The van der Waals surface area contributed by atoms with Gasteiger partial charge in [-0.05, 0) is 85.9 Å². The third-order valence-electron chi connectivity index (χ3n) is 9.65. The molecule has 5 nitrogen and oxygen atoms in total. The first-order valence-electron chi connectivity index (χ1n) is 13.1. The van der Waals surface area contributed by atoms with Crippen LogP contribution < -0.4 is 0 Å². The number of rotatable bonds is 5. The summed E-state index contributed by atoms with van der Waals surface area (Å²) in [5.41, 5.74) is 0.214. The number of aliphatic hydroxyl groups excluding tert-OH is 1. The van der Waals surface area contributed by atoms with Gasteiger partial charge in [0.25, 0.3) is 0 Å². The molecule has 32 heavy (non-hydrogen) atoms. The predicted molar refractivity (Wildman–Crippen MR) is 125 cm³/mol. The zero-order valence-corrected chi connectivity index (χ0v) is 21.2. The summed E-state index contributed by atoms with van der Waals surface area (Å²) >= 11 is 0. The van der Waals surface area contributed by atoms with Gasteiger partial charge in [0, 0.05) is 12.8 Å². The molecule has 4 fully saturated rings. The lowest BCUT2D eigenvalue weighted by molar-refractivity contribution is -0.148. The number of Topliss-reactive ketones (excluding diaryl/α,β-unsaturated/α-hetero) is 1. The van der Waals surface area contributed by atoms with E-state index in [0.29, 0.717) is 23.7 Å². The van der Waals surface area contributed by atoms with E-state index in [-0.39, 0.29) is 47.3 Å². The van der Waals surface area contributed by atoms with Gasteiger partial charge in [0.05, 0.1) is 18.8 Å². The fourth-order valence-corrected chi connectivity index (χ4v) is 7.75. The fourth-order valence-electron chi connectivity index (χ4n) is 7.75. The Labute approximate surface area is 195 Å². The van der Waals surface area contributed by atoms with E-state index in [1.54, 1.807) is 0 Å². The molecule has 3 saturated carbocycles. The number of hydrogen-bond donors (Lipinski definition) is 1. The van der Waals surface area contributed by atoms with Crippen LogP contribution in [0.4, 0.5) is 0 Å². The molecule has 4 rings (SSSR count). The Kier molecular flexibility index (Phi) is 8.13. The van der Waals surface area contributed by atoms with Gasteiger partial charge in [-0.3, -0.25) is 9.59 Å². The molecule has 5 heteroatoms. The summed E-state index contributed by atoms with van der Waals surface area (Å²) in [6, 6.07) is 0. The molecule has 1 heterocycles. The lowest BCUT2D eigenvalue weighted by atomic mass is 9.56. The maximum Gasteiger partial charge on any atom is 0.303 e. The first-order valence-corrected chi connectivity index (χ1v) is 13.1. The van der Waals surface area contributed by atoms with Gasteiger partial charge >= 0.3 is 5.97 Å². The third kappa shape index (κ3) is 4.80. The Hall–Kier alpha value is -0.940. The molecule has 3 aliphatic carbocycles. The number of hydrogen-bond acceptors (Lipinski definition) is 5. The van der Waals surface area contributed by atoms with E-state index in [1.165, 1.54) is 6.92 Å². The van der Waals surface area contributed by atoms with Crippen molar-refractivity contribution in [1.82, 2.24) is 0 Å². The summed E-state index contributed by atoms with van der Waals surface area (Å²) in [5, 5.41) is 10.3. The molecule has 0 bridgehead atoms. The highest BCUT2D eigenvalue weighted by Crippen LogP contribution is 2.61. The summed E-state index contributed by atoms with van der Waals surface area (Å²) in [6.45, 7) is 13.1. The molecule has 1 aliphatic heterocycles. The van der Waals surface area contributed by atoms with Crippen LogP contribution in [-0.2, 0) is 19.1 Å². The average molecular weight is 451 g/mol. The Bertz CT molecular complexity index is 677. The van der Waals surface area contributed by atoms with Crippen LogP contribution in [0.25, 0.3) is 0 Å². The number of fused-ring (bicyclic) bond motifs is 2. The molecule has 1 N–H and O–H groups in total. The van der Waals surface area contributed by atoms with E-state index in [1.807, 2.05) is 13.8 Å². The van der Waals surface area contributed by atoms with Gasteiger partial charge in [-0.25, -0.2) is 0 Å². The molecule has 0 aromatic rings. The van der Waals surface area contributed by atoms with Crippen molar-refractivity contribution in [2.24, 2.45) is 40.4 Å². The maximum absolute atomic E-state index is 12.9. The molecule has 0 aromatic carbocycles. The molecule has 0 amide bonds. The molecule has 184 valence electrons. The molecule has 0 spiro atoms. The van der Waals surface area contributed by atoms with Crippen LogP contribution >= 0.6 is 0 Å². The van der Waals surface area contributed by atoms with Crippen molar-refractivity contribution in [2.75, 3.05) is 13.2 Å². The van der Waals surface area contributed by atoms with Crippen LogP contribution in [0.15, 0.2) is 0 Å². The highest BCUT2D eigenvalue weighted by Gasteiger charge is 2.57. The van der Waals surface area contributed by atoms with Crippen molar-refractivity contribution in [3.63, 3.8) is 0 Å². The van der Waals surface area contributed by atoms with Gasteiger partial charge < -0.3 is 14.6 Å². The second kappa shape index (κ2) is 10.1. The first-order chi connectivity index (χ1) is 15.1. The Morgan fingerprint density at radius 3 is 2.47 bits per heavy atom. The van der Waals surface area contributed by atoms with Crippen LogP contribution in [0, 0.1) is 40.4 Å². The second-order valence-electron chi connectivity index (χ2n) is 11.4. The number of esters is 1. The molecule has 8 unspecified atom stereocenters. The van der Waals surface area contributed by atoms with Gasteiger partial charge in [-0.1, -0.05) is 34.6 Å². The molecule has 1 saturated heterocycles. The van der Waals surface area contributed by atoms with Crippen molar-refractivity contribution in [1.29, 1.82) is 0 Å². The van der Waals surface area contributed by atoms with Crippen LogP contribution in [-0.4, -0.2) is 42.3 Å². The highest BCUT2D eigenvalue weighted by atomic mass is 16.5. The normalized spacial score (nSPS) is 45.3. The minimum absolute atomic E-state index is 0.00238. The number of ketones is 1. The summed E-state index contributed by atoms with van der Waals surface area (Å²) in [7, 11) is 0. The lowest BCUT2D eigenvalue weighted by Crippen LogP contribution is -2.45. The van der Waals surface area contributed by atoms with Gasteiger partial charge in [0.1, 0.15) is 6.61 Å². The minimum atomic E-state index is -0.380. The SMILES string of the molecule is CC.CC(=O)OCC(=O)C1CCC2C(C[C@H]3OCC4(C)CCC(O)CC34)C(C)CCC12C. The molecule has 9 atom stereocenters. The lowest BCUT2D eigenvalue weighted by Gasteiger charge is -2.49. The van der Waals surface area contributed by atoms with Gasteiger partial charge in [-0.2, -0.15) is 0 Å². The molecular formula is C27H46O5. The molecule has 0 radical (unpaired) electrons. The molecular weight excluding hydrogens is 404 g/mol. The van der Waals surface area contributed by atoms with Crippen molar-refractivity contribution in [2.45, 2.75) is 105 Å². The van der Waals surface area contributed by atoms with Crippen LogP contribution in [0.1, 0.15) is 92.9 Å². The smallest absolute Gasteiger partial charge is 0.303 e. The topological polar surface area (TPSA) is 72.8 Å². The van der Waals surface area contributed by atoms with Gasteiger partial charge in [-0.15, -0.1) is 0 Å². The number of ether oxygens (including phenoxy) is 2. The largest absolute Gasteiger partial charge is 0.458 e. The van der Waals surface area contributed by atoms with E-state index in [2.05, 4.69) is 20.8 Å². The zero-order valence-electron chi connectivity index (χ0n) is 21.2. The van der Waals surface area contributed by atoms with Crippen molar-refractivity contribution >= 4 is 11.8 Å². The summed E-state index contributed by atoms with van der Waals surface area (Å²) in [5.74, 6) is 1.89. The number of carbonyl (C=O) groups is 2. The van der Waals surface area contributed by atoms with E-state index in [4.69, 9.17) is 9.47 Å². The van der Waals surface area contributed by atoms with E-state index in [9.17, 15) is 14.7 Å². The average Bonchev–Trinajstić information content (AvgIpc) is 3.28. The van der Waals surface area contributed by atoms with E-state index in [0.717, 1.165) is 58.0 Å². The predicted octanol–water partition coefficient (Wildman–Crippen LogP) is 5.18. The van der Waals surface area contributed by atoms with Crippen molar-refractivity contribution in [3.05, 3.63) is 0 Å². The second-order valence-corrected chi connectivity index (χ2v) is 11.4. The third-order valence-corrected chi connectivity index (χ3v) is 9.65. The monoisotopic (exact) mass is 450 g/mol. The maximum atomic E-state index is 12.9. The molecule has 4 aliphatic rings. The standard InChI is InChI=1S/C25H40O5.C2H6/c1-15-7-10-25(4)19(5-6-20(25)22(28)13-29-16(2)26)18(15)12-23-21-11-17(27)8-9-24(21,3)14-30-23;1-2/h15,17-21,23,27H,5-14H2,1-4H3;1-2H3/t15?,17?,18?,19?,20?,21?,23-,24?,25?;/m1./s1. The van der Waals surface area contributed by atoms with Crippen LogP contribution in [0.5, 0.6) is 0 Å². The number of aliphatic hydroxyl groups is 1. The van der Waals surface area contributed by atoms with E-state index < -0.39 is 0 Å². The Morgan fingerprint density at radius 1 is 1.06 bits per heavy atom. The van der Waals surface area contributed by atoms with Gasteiger partial charge in [0.2, 0.25) is 0 Å². The Balaban J connectivity index is 0.00000141. The zero-order chi connectivity index (χ0) is 23.7. The fraction of sp³-hybridized carbons (Fsp3) is 0.926. The van der Waals surface area contributed by atoms with Crippen LogP contribution in [0.3, 0.4) is 0 Å². The van der Waals surface area contributed by atoms with Crippen LogP contribution in [0.2, 0.25) is 0 Å². The van der Waals surface area contributed by atoms with Gasteiger partial charge in [0.15, 0.2) is 5.78 Å². The molecule has 0 aromatic heterocycles. The highest BCUT2D eigenvalue weighted by molar-refractivity contribution is 5.85. The summed E-state index contributed by atoms with van der Waals surface area (Å²) in [6.07, 6.45) is 8.15. The van der Waals surface area contributed by atoms with E-state index >= 15 is 0 Å². The van der Waals surface area contributed by atoms with Crippen molar-refractivity contribution < 1.29 is 24.2 Å². The first kappa shape index (κ1) is 25.7. The van der Waals surface area contributed by atoms with Crippen molar-refractivity contribution in [3.8, 4) is 0 Å². The minimum Gasteiger partial charge on any atom is -0.458 e. The summed E-state index contributed by atoms with van der Waals surface area (Å²) in [4.78, 5) is 24.1.